The Morgan fingerprint density at radius 3 is 2.63 bits per heavy atom. The van der Waals surface area contributed by atoms with E-state index in [1.54, 1.807) is 25.4 Å². The molecule has 2 amide bonds. The third-order valence-corrected chi connectivity index (χ3v) is 4.06. The number of halogens is 3. The van der Waals surface area contributed by atoms with Crippen molar-refractivity contribution in [1.29, 1.82) is 0 Å². The number of nitrogens with zero attached hydrogens (tertiary/aromatic N) is 4. The molecule has 0 saturated heterocycles. The molecule has 0 unspecified atom stereocenters. The highest BCUT2D eigenvalue weighted by atomic mass is 19.4. The maximum absolute atomic E-state index is 12.7. The normalized spacial score (nSPS) is 11.2. The highest BCUT2D eigenvalue weighted by molar-refractivity contribution is 5.89. The number of urea groups is 1. The van der Waals surface area contributed by atoms with Crippen LogP contribution < -0.4 is 16.0 Å². The van der Waals surface area contributed by atoms with Crippen LogP contribution >= 0.6 is 0 Å². The molecule has 3 aromatic rings. The predicted molar refractivity (Wildman–Crippen MR) is 106 cm³/mol. The van der Waals surface area contributed by atoms with Crippen LogP contribution in [0.15, 0.2) is 42.7 Å². The Bertz CT molecular complexity index is 1030. The van der Waals surface area contributed by atoms with Crippen LogP contribution in [0.3, 0.4) is 0 Å². The van der Waals surface area contributed by atoms with Crippen molar-refractivity contribution in [3.8, 4) is 5.82 Å². The quantitative estimate of drug-likeness (QED) is 0.531. The number of carbonyl (C=O) groups excluding carboxylic acids is 1. The molecular weight excluding hydrogens is 399 g/mol. The fourth-order valence-corrected chi connectivity index (χ4v) is 2.70. The summed E-state index contributed by atoms with van der Waals surface area (Å²) in [5, 5.41) is 8.03. The summed E-state index contributed by atoms with van der Waals surface area (Å²) in [5.41, 5.74) is -0.771. The molecular formula is C19H20F3N7O. The first kappa shape index (κ1) is 21.1. The molecule has 30 heavy (non-hydrogen) atoms. The van der Waals surface area contributed by atoms with Crippen LogP contribution in [-0.2, 0) is 6.18 Å². The Hall–Kier alpha value is -3.63. The van der Waals surface area contributed by atoms with Gasteiger partial charge in [0.25, 0.3) is 0 Å². The summed E-state index contributed by atoms with van der Waals surface area (Å²) in [7, 11) is 0. The van der Waals surface area contributed by atoms with E-state index in [4.69, 9.17) is 0 Å². The molecule has 0 radical (unpaired) electrons. The van der Waals surface area contributed by atoms with Crippen molar-refractivity contribution < 1.29 is 18.0 Å². The minimum Gasteiger partial charge on any atom is -0.368 e. The molecule has 0 aliphatic heterocycles. The first-order valence-electron chi connectivity index (χ1n) is 9.04. The molecule has 0 fully saturated rings. The smallest absolute Gasteiger partial charge is 0.368 e. The minimum absolute atomic E-state index is 0.0575. The van der Waals surface area contributed by atoms with Crippen LogP contribution in [0, 0.1) is 13.8 Å². The summed E-state index contributed by atoms with van der Waals surface area (Å²) in [6, 6.07) is 5.58. The highest BCUT2D eigenvalue weighted by Gasteiger charge is 2.30. The first-order chi connectivity index (χ1) is 14.2. The average molecular weight is 419 g/mol. The number of aryl methyl sites for hydroxylation is 2. The van der Waals surface area contributed by atoms with Crippen molar-refractivity contribution in [1.82, 2.24) is 24.8 Å². The third-order valence-electron chi connectivity index (χ3n) is 4.06. The molecule has 2 heterocycles. The van der Waals surface area contributed by atoms with E-state index in [1.165, 1.54) is 12.1 Å². The van der Waals surface area contributed by atoms with Gasteiger partial charge in [-0.2, -0.15) is 13.2 Å². The molecule has 158 valence electrons. The zero-order valence-electron chi connectivity index (χ0n) is 16.3. The van der Waals surface area contributed by atoms with Gasteiger partial charge in [-0.3, -0.25) is 4.57 Å². The van der Waals surface area contributed by atoms with E-state index in [9.17, 15) is 18.0 Å². The highest BCUT2D eigenvalue weighted by Crippen LogP contribution is 2.30. The van der Waals surface area contributed by atoms with Crippen molar-refractivity contribution in [2.24, 2.45) is 0 Å². The lowest BCUT2D eigenvalue weighted by molar-refractivity contribution is -0.137. The molecule has 3 rings (SSSR count). The molecule has 0 spiro atoms. The van der Waals surface area contributed by atoms with Crippen LogP contribution in [0.4, 0.5) is 29.5 Å². The second-order valence-corrected chi connectivity index (χ2v) is 6.39. The van der Waals surface area contributed by atoms with Gasteiger partial charge in [0, 0.05) is 37.2 Å². The standard InChI is InChI=1S/C19H20F3N7O/c1-12-26-16(11-17(27-12)29-9-8-23-13(29)2)24-6-7-25-18(30)28-15-5-3-4-14(10-15)19(20,21)22/h3-5,8-11H,6-7H2,1-2H3,(H,24,26,27)(H2,25,28,30). The van der Waals surface area contributed by atoms with Crippen LogP contribution in [0.2, 0.25) is 0 Å². The lowest BCUT2D eigenvalue weighted by atomic mass is 10.2. The number of hydrogen-bond donors (Lipinski definition) is 3. The molecule has 3 N–H and O–H groups in total. The number of hydrogen-bond acceptors (Lipinski definition) is 5. The monoisotopic (exact) mass is 419 g/mol. The van der Waals surface area contributed by atoms with Crippen LogP contribution in [0.1, 0.15) is 17.2 Å². The summed E-state index contributed by atoms with van der Waals surface area (Å²) in [6.07, 6.45) is -1.00. The molecule has 2 aromatic heterocycles. The molecule has 0 aliphatic rings. The van der Waals surface area contributed by atoms with Gasteiger partial charge in [-0.15, -0.1) is 0 Å². The zero-order chi connectivity index (χ0) is 21.7. The van der Waals surface area contributed by atoms with E-state index in [0.717, 1.165) is 18.0 Å². The largest absolute Gasteiger partial charge is 0.416 e. The summed E-state index contributed by atoms with van der Waals surface area (Å²) in [4.78, 5) is 24.8. The molecule has 8 nitrogen and oxygen atoms in total. The summed E-state index contributed by atoms with van der Waals surface area (Å²) in [6.45, 7) is 4.21. The van der Waals surface area contributed by atoms with E-state index in [-0.39, 0.29) is 12.2 Å². The number of aromatic nitrogens is 4. The van der Waals surface area contributed by atoms with Crippen molar-refractivity contribution in [2.45, 2.75) is 20.0 Å². The lowest BCUT2D eigenvalue weighted by Crippen LogP contribution is -2.32. The van der Waals surface area contributed by atoms with Gasteiger partial charge in [0.15, 0.2) is 0 Å². The van der Waals surface area contributed by atoms with Gasteiger partial charge in [0.05, 0.1) is 5.56 Å². The topological polar surface area (TPSA) is 96.8 Å². The molecule has 0 saturated carbocycles. The number of alkyl halides is 3. The van der Waals surface area contributed by atoms with Crippen LogP contribution in [-0.4, -0.2) is 38.6 Å². The Kier molecular flexibility index (Phi) is 6.19. The van der Waals surface area contributed by atoms with Crippen molar-refractivity contribution in [3.05, 3.63) is 59.9 Å². The van der Waals surface area contributed by atoms with Gasteiger partial charge in [0.2, 0.25) is 0 Å². The summed E-state index contributed by atoms with van der Waals surface area (Å²) in [5.74, 6) is 2.59. The second kappa shape index (κ2) is 8.80. The van der Waals surface area contributed by atoms with E-state index in [1.807, 2.05) is 11.5 Å². The number of carbonyl (C=O) groups is 1. The van der Waals surface area contributed by atoms with Gasteiger partial charge >= 0.3 is 12.2 Å². The molecule has 0 aliphatic carbocycles. The maximum atomic E-state index is 12.7. The molecule has 0 bridgehead atoms. The molecule has 1 aromatic carbocycles. The third kappa shape index (κ3) is 5.46. The van der Waals surface area contributed by atoms with Gasteiger partial charge in [-0.1, -0.05) is 6.07 Å². The van der Waals surface area contributed by atoms with Gasteiger partial charge in [-0.25, -0.2) is 19.7 Å². The number of nitrogens with one attached hydrogen (secondary N) is 3. The lowest BCUT2D eigenvalue weighted by Gasteiger charge is -2.12. The first-order valence-corrected chi connectivity index (χ1v) is 9.04. The van der Waals surface area contributed by atoms with Crippen LogP contribution in [0.25, 0.3) is 5.82 Å². The van der Waals surface area contributed by atoms with Crippen LogP contribution in [0.5, 0.6) is 0 Å². The fraction of sp³-hybridized carbons (Fsp3) is 0.263. The Balaban J connectivity index is 1.51. The summed E-state index contributed by atoms with van der Waals surface area (Å²) < 4.78 is 40.0. The van der Waals surface area contributed by atoms with Gasteiger partial charge < -0.3 is 16.0 Å². The van der Waals surface area contributed by atoms with Gasteiger partial charge in [-0.05, 0) is 32.0 Å². The number of amides is 2. The van der Waals surface area contributed by atoms with Crippen molar-refractivity contribution in [3.63, 3.8) is 0 Å². The zero-order valence-corrected chi connectivity index (χ0v) is 16.3. The van der Waals surface area contributed by atoms with Crippen molar-refractivity contribution in [2.75, 3.05) is 23.7 Å². The Morgan fingerprint density at radius 2 is 1.93 bits per heavy atom. The number of benzene rings is 1. The number of imidazole rings is 1. The van der Waals surface area contributed by atoms with E-state index in [0.29, 0.717) is 24.0 Å². The van der Waals surface area contributed by atoms with E-state index >= 15 is 0 Å². The minimum atomic E-state index is -4.47. The van der Waals surface area contributed by atoms with E-state index in [2.05, 4.69) is 30.9 Å². The fourth-order valence-electron chi connectivity index (χ4n) is 2.70. The number of anilines is 2. The molecule has 0 atom stereocenters. The predicted octanol–water partition coefficient (Wildman–Crippen LogP) is 3.53. The number of rotatable bonds is 6. The van der Waals surface area contributed by atoms with Crippen molar-refractivity contribution >= 4 is 17.5 Å². The second-order valence-electron chi connectivity index (χ2n) is 6.39. The Labute approximate surface area is 170 Å². The maximum Gasteiger partial charge on any atom is 0.416 e. The SMILES string of the molecule is Cc1nc(NCCNC(=O)Nc2cccc(C(F)(F)F)c2)cc(-n2ccnc2C)n1. The molecule has 11 heteroatoms. The summed E-state index contributed by atoms with van der Waals surface area (Å²) >= 11 is 0. The average Bonchev–Trinajstić information content (AvgIpc) is 3.10. The van der Waals surface area contributed by atoms with Gasteiger partial charge in [0.1, 0.15) is 23.3 Å². The Morgan fingerprint density at radius 1 is 1.13 bits per heavy atom. The van der Waals surface area contributed by atoms with E-state index < -0.39 is 17.8 Å².